The Morgan fingerprint density at radius 3 is 2.83 bits per heavy atom. The predicted molar refractivity (Wildman–Crippen MR) is 65.5 cm³/mol. The molecule has 0 saturated carbocycles. The van der Waals surface area contributed by atoms with Gasteiger partial charge in [0.15, 0.2) is 5.75 Å². The van der Waals surface area contributed by atoms with Crippen LogP contribution in [0.15, 0.2) is 23.1 Å². The Bertz CT molecular complexity index is 681. The minimum absolute atomic E-state index is 0.0619. The minimum atomic E-state index is -0.688. The molecule has 0 aliphatic heterocycles. The van der Waals surface area contributed by atoms with Gasteiger partial charge in [-0.2, -0.15) is 0 Å². The Hall–Kier alpha value is -1.88. The molecule has 0 atom stereocenters. The summed E-state index contributed by atoms with van der Waals surface area (Å²) in [5.74, 6) is -0.826. The predicted octanol–water partition coefficient (Wildman–Crippen LogP) is 2.35. The largest absolute Gasteiger partial charge is 0.423 e. The molecule has 0 aliphatic rings. The molecule has 2 aromatic rings. The standard InChI is InChI=1S/C12H9ClFNO3/c1-2-15-5-11(18-6-16)12(17)7-3-9(14)8(13)4-10(7)15/h3-6H,2H2,1H3. The average Bonchev–Trinajstić information content (AvgIpc) is 2.35. The average molecular weight is 270 g/mol. The smallest absolute Gasteiger partial charge is 0.298 e. The van der Waals surface area contributed by atoms with Gasteiger partial charge in [-0.3, -0.25) is 9.59 Å². The van der Waals surface area contributed by atoms with Crippen molar-refractivity contribution in [2.45, 2.75) is 13.5 Å². The molecule has 2 rings (SSSR count). The number of rotatable bonds is 3. The van der Waals surface area contributed by atoms with Crippen LogP contribution in [0, 0.1) is 5.82 Å². The summed E-state index contributed by atoms with van der Waals surface area (Å²) < 4.78 is 19.6. The van der Waals surface area contributed by atoms with Crippen molar-refractivity contribution in [3.8, 4) is 5.75 Å². The van der Waals surface area contributed by atoms with Crippen LogP contribution in [0.4, 0.5) is 4.39 Å². The van der Waals surface area contributed by atoms with Crippen LogP contribution in [0.2, 0.25) is 5.02 Å². The number of aryl methyl sites for hydroxylation is 1. The second-order valence-corrected chi connectivity index (χ2v) is 4.01. The fraction of sp³-hybridized carbons (Fsp3) is 0.167. The molecule has 1 aromatic carbocycles. The number of ether oxygens (including phenoxy) is 1. The highest BCUT2D eigenvalue weighted by atomic mass is 35.5. The number of pyridine rings is 1. The number of carbonyl (C=O) groups is 1. The molecular weight excluding hydrogens is 261 g/mol. The molecule has 0 aliphatic carbocycles. The summed E-state index contributed by atoms with van der Waals surface area (Å²) in [5.41, 5.74) is -0.0514. The Morgan fingerprint density at radius 2 is 2.22 bits per heavy atom. The van der Waals surface area contributed by atoms with E-state index in [2.05, 4.69) is 4.74 Å². The van der Waals surface area contributed by atoms with E-state index in [9.17, 15) is 14.0 Å². The van der Waals surface area contributed by atoms with Crippen molar-refractivity contribution < 1.29 is 13.9 Å². The van der Waals surface area contributed by atoms with Gasteiger partial charge in [-0.05, 0) is 19.1 Å². The summed E-state index contributed by atoms with van der Waals surface area (Å²) in [7, 11) is 0. The number of carbonyl (C=O) groups excluding carboxylic acids is 1. The molecular formula is C12H9ClFNO3. The van der Waals surface area contributed by atoms with E-state index >= 15 is 0 Å². The summed E-state index contributed by atoms with van der Waals surface area (Å²) in [6.07, 6.45) is 1.40. The van der Waals surface area contributed by atoms with Gasteiger partial charge in [0.1, 0.15) is 5.82 Å². The van der Waals surface area contributed by atoms with E-state index in [-0.39, 0.29) is 22.6 Å². The van der Waals surface area contributed by atoms with Crippen molar-refractivity contribution in [3.05, 3.63) is 39.4 Å². The lowest BCUT2D eigenvalue weighted by atomic mass is 10.2. The molecule has 0 saturated heterocycles. The molecule has 0 bridgehead atoms. The van der Waals surface area contributed by atoms with Crippen molar-refractivity contribution in [1.82, 2.24) is 4.57 Å². The lowest BCUT2D eigenvalue weighted by Crippen LogP contribution is -2.12. The molecule has 4 nitrogen and oxygen atoms in total. The van der Waals surface area contributed by atoms with E-state index < -0.39 is 11.2 Å². The maximum absolute atomic E-state index is 13.4. The van der Waals surface area contributed by atoms with Gasteiger partial charge in [0.2, 0.25) is 5.43 Å². The molecule has 18 heavy (non-hydrogen) atoms. The van der Waals surface area contributed by atoms with E-state index in [0.717, 1.165) is 6.07 Å². The maximum Gasteiger partial charge on any atom is 0.298 e. The van der Waals surface area contributed by atoms with Crippen LogP contribution in [0.5, 0.6) is 5.75 Å². The summed E-state index contributed by atoms with van der Waals surface area (Å²) in [4.78, 5) is 22.3. The van der Waals surface area contributed by atoms with E-state index in [4.69, 9.17) is 11.6 Å². The lowest BCUT2D eigenvalue weighted by molar-refractivity contribution is -0.120. The van der Waals surface area contributed by atoms with Gasteiger partial charge in [-0.25, -0.2) is 4.39 Å². The van der Waals surface area contributed by atoms with E-state index in [1.807, 2.05) is 6.92 Å². The number of hydrogen-bond donors (Lipinski definition) is 0. The zero-order valence-electron chi connectivity index (χ0n) is 9.44. The zero-order valence-corrected chi connectivity index (χ0v) is 10.2. The molecule has 0 amide bonds. The highest BCUT2D eigenvalue weighted by molar-refractivity contribution is 6.31. The molecule has 6 heteroatoms. The Balaban J connectivity index is 2.89. The highest BCUT2D eigenvalue weighted by Gasteiger charge is 2.12. The third-order valence-electron chi connectivity index (χ3n) is 2.61. The van der Waals surface area contributed by atoms with Crippen molar-refractivity contribution in [1.29, 1.82) is 0 Å². The fourth-order valence-corrected chi connectivity index (χ4v) is 1.91. The van der Waals surface area contributed by atoms with Crippen LogP contribution in [-0.4, -0.2) is 11.0 Å². The normalized spacial score (nSPS) is 10.6. The molecule has 0 fully saturated rings. The second kappa shape index (κ2) is 4.78. The fourth-order valence-electron chi connectivity index (χ4n) is 1.76. The SMILES string of the molecule is CCn1cc(OC=O)c(=O)c2cc(F)c(Cl)cc21. The third-order valence-corrected chi connectivity index (χ3v) is 2.89. The summed E-state index contributed by atoms with van der Waals surface area (Å²) in [5, 5.41) is 0.0613. The number of benzene rings is 1. The van der Waals surface area contributed by atoms with Crippen molar-refractivity contribution >= 4 is 29.0 Å². The van der Waals surface area contributed by atoms with Crippen LogP contribution in [0.1, 0.15) is 6.92 Å². The van der Waals surface area contributed by atoms with Crippen LogP contribution in [0.25, 0.3) is 10.9 Å². The molecule has 0 radical (unpaired) electrons. The van der Waals surface area contributed by atoms with Crippen LogP contribution in [-0.2, 0) is 11.3 Å². The number of nitrogens with zero attached hydrogens (tertiary/aromatic N) is 1. The Labute approximate surface area is 107 Å². The molecule has 0 spiro atoms. The highest BCUT2D eigenvalue weighted by Crippen LogP contribution is 2.23. The summed E-state index contributed by atoms with van der Waals surface area (Å²) in [6, 6.07) is 2.42. The second-order valence-electron chi connectivity index (χ2n) is 3.61. The first kappa shape index (κ1) is 12.6. The third kappa shape index (κ3) is 1.97. The summed E-state index contributed by atoms with van der Waals surface area (Å²) in [6.45, 7) is 2.52. The van der Waals surface area contributed by atoms with Gasteiger partial charge >= 0.3 is 0 Å². The molecule has 1 heterocycles. The van der Waals surface area contributed by atoms with Crippen molar-refractivity contribution in [2.75, 3.05) is 0 Å². The monoisotopic (exact) mass is 269 g/mol. The number of aromatic nitrogens is 1. The first-order valence-electron chi connectivity index (χ1n) is 5.21. The van der Waals surface area contributed by atoms with Crippen LogP contribution in [0.3, 0.4) is 0 Å². The van der Waals surface area contributed by atoms with E-state index in [1.165, 1.54) is 12.3 Å². The number of halogens is 2. The van der Waals surface area contributed by atoms with Crippen molar-refractivity contribution in [3.63, 3.8) is 0 Å². The van der Waals surface area contributed by atoms with Gasteiger partial charge in [0.25, 0.3) is 6.47 Å². The molecule has 1 aromatic heterocycles. The van der Waals surface area contributed by atoms with Gasteiger partial charge < -0.3 is 9.30 Å². The van der Waals surface area contributed by atoms with Gasteiger partial charge in [-0.15, -0.1) is 0 Å². The van der Waals surface area contributed by atoms with Crippen LogP contribution < -0.4 is 10.2 Å². The lowest BCUT2D eigenvalue weighted by Gasteiger charge is -2.10. The molecule has 0 N–H and O–H groups in total. The summed E-state index contributed by atoms with van der Waals surface area (Å²) >= 11 is 5.69. The van der Waals surface area contributed by atoms with Gasteiger partial charge in [0, 0.05) is 6.54 Å². The van der Waals surface area contributed by atoms with Crippen molar-refractivity contribution in [2.24, 2.45) is 0 Å². The first-order chi connectivity index (χ1) is 8.58. The van der Waals surface area contributed by atoms with Gasteiger partial charge in [0.05, 0.1) is 22.1 Å². The van der Waals surface area contributed by atoms with E-state index in [1.54, 1.807) is 4.57 Å². The number of fused-ring (bicyclic) bond motifs is 1. The molecule has 0 unspecified atom stereocenters. The Kier molecular flexibility index (Phi) is 3.34. The Morgan fingerprint density at radius 1 is 1.50 bits per heavy atom. The first-order valence-corrected chi connectivity index (χ1v) is 5.58. The molecule has 94 valence electrons. The maximum atomic E-state index is 13.4. The minimum Gasteiger partial charge on any atom is -0.423 e. The quantitative estimate of drug-likeness (QED) is 0.804. The number of hydrogen-bond acceptors (Lipinski definition) is 3. The zero-order chi connectivity index (χ0) is 13.3. The van der Waals surface area contributed by atoms with Gasteiger partial charge in [-0.1, -0.05) is 11.6 Å². The van der Waals surface area contributed by atoms with Crippen LogP contribution >= 0.6 is 11.6 Å². The topological polar surface area (TPSA) is 48.3 Å². The van der Waals surface area contributed by atoms with E-state index in [0.29, 0.717) is 12.1 Å².